The SMILES string of the molecule is COc1ccccc1Cn1c(=O)c(C(=O)N(C)C)nc2cccnc21. The van der Waals surface area contributed by atoms with Crippen molar-refractivity contribution in [1.29, 1.82) is 0 Å². The molecule has 7 nitrogen and oxygen atoms in total. The molecule has 2 heterocycles. The number of hydrogen-bond acceptors (Lipinski definition) is 5. The lowest BCUT2D eigenvalue weighted by Gasteiger charge is -2.15. The Bertz CT molecular complexity index is 995. The zero-order valence-electron chi connectivity index (χ0n) is 14.3. The number of ether oxygens (including phenoxy) is 1. The number of hydrogen-bond donors (Lipinski definition) is 0. The van der Waals surface area contributed by atoms with Crippen LogP contribution in [0.25, 0.3) is 11.2 Å². The van der Waals surface area contributed by atoms with Crippen molar-refractivity contribution in [2.45, 2.75) is 6.54 Å². The summed E-state index contributed by atoms with van der Waals surface area (Å²) in [7, 11) is 4.74. The van der Waals surface area contributed by atoms with Gasteiger partial charge in [-0.3, -0.25) is 14.2 Å². The fourth-order valence-corrected chi connectivity index (χ4v) is 2.58. The summed E-state index contributed by atoms with van der Waals surface area (Å²) in [6, 6.07) is 10.9. The lowest BCUT2D eigenvalue weighted by atomic mass is 10.2. The second-order valence-electron chi connectivity index (χ2n) is 5.71. The van der Waals surface area contributed by atoms with Gasteiger partial charge in [0, 0.05) is 25.9 Å². The van der Waals surface area contributed by atoms with Crippen molar-refractivity contribution < 1.29 is 9.53 Å². The smallest absolute Gasteiger partial charge is 0.284 e. The van der Waals surface area contributed by atoms with E-state index in [1.54, 1.807) is 39.5 Å². The first-order valence-electron chi connectivity index (χ1n) is 7.72. The number of aromatic nitrogens is 3. The second kappa shape index (κ2) is 6.72. The number of carbonyl (C=O) groups excluding carboxylic acids is 1. The molecule has 0 radical (unpaired) electrons. The average molecular weight is 338 g/mol. The van der Waals surface area contributed by atoms with Crippen LogP contribution in [0.1, 0.15) is 16.1 Å². The highest BCUT2D eigenvalue weighted by Gasteiger charge is 2.20. The number of benzene rings is 1. The predicted molar refractivity (Wildman–Crippen MR) is 93.9 cm³/mol. The topological polar surface area (TPSA) is 77.3 Å². The highest BCUT2D eigenvalue weighted by molar-refractivity contribution is 5.93. The standard InChI is InChI=1S/C18H18N4O3/c1-21(2)17(23)15-18(24)22(16-13(20-15)8-6-10-19-16)11-12-7-4-5-9-14(12)25-3/h4-10H,11H2,1-3H3. The van der Waals surface area contributed by atoms with Crippen LogP contribution in [0.3, 0.4) is 0 Å². The number of carbonyl (C=O) groups is 1. The molecular weight excluding hydrogens is 320 g/mol. The summed E-state index contributed by atoms with van der Waals surface area (Å²) >= 11 is 0. The minimum atomic E-state index is -0.476. The minimum Gasteiger partial charge on any atom is -0.496 e. The Balaban J connectivity index is 2.24. The minimum absolute atomic E-state index is 0.125. The van der Waals surface area contributed by atoms with Gasteiger partial charge in [-0.15, -0.1) is 0 Å². The Morgan fingerprint density at radius 3 is 2.68 bits per heavy atom. The summed E-state index contributed by atoms with van der Waals surface area (Å²) in [6.07, 6.45) is 1.59. The van der Waals surface area contributed by atoms with Gasteiger partial charge in [0.25, 0.3) is 11.5 Å². The Morgan fingerprint density at radius 1 is 1.20 bits per heavy atom. The summed E-state index contributed by atoms with van der Waals surface area (Å²) in [5.74, 6) is 0.223. The van der Waals surface area contributed by atoms with Crippen LogP contribution in [0.5, 0.6) is 5.75 Å². The summed E-state index contributed by atoms with van der Waals surface area (Å²) in [5.41, 5.74) is 1.13. The molecule has 1 amide bonds. The van der Waals surface area contributed by atoms with Gasteiger partial charge in [-0.05, 0) is 18.2 Å². The first-order valence-corrected chi connectivity index (χ1v) is 7.72. The molecule has 0 aliphatic rings. The van der Waals surface area contributed by atoms with E-state index >= 15 is 0 Å². The Morgan fingerprint density at radius 2 is 1.96 bits per heavy atom. The third kappa shape index (κ3) is 3.08. The van der Waals surface area contributed by atoms with Crippen molar-refractivity contribution in [1.82, 2.24) is 19.4 Å². The van der Waals surface area contributed by atoms with E-state index in [0.717, 1.165) is 5.56 Å². The molecule has 0 aliphatic carbocycles. The molecule has 25 heavy (non-hydrogen) atoms. The molecule has 128 valence electrons. The molecule has 0 atom stereocenters. The van der Waals surface area contributed by atoms with E-state index in [2.05, 4.69) is 9.97 Å². The van der Waals surface area contributed by atoms with Crippen LogP contribution in [0.15, 0.2) is 47.4 Å². The van der Waals surface area contributed by atoms with E-state index in [-0.39, 0.29) is 12.2 Å². The molecule has 0 aliphatic heterocycles. The Kier molecular flexibility index (Phi) is 4.47. The maximum absolute atomic E-state index is 12.9. The van der Waals surface area contributed by atoms with Crippen LogP contribution in [0.2, 0.25) is 0 Å². The molecule has 7 heteroatoms. The van der Waals surface area contributed by atoms with Gasteiger partial charge in [-0.1, -0.05) is 18.2 Å². The molecule has 0 N–H and O–H groups in total. The molecule has 0 spiro atoms. The van der Waals surface area contributed by atoms with Gasteiger partial charge in [0.15, 0.2) is 11.3 Å². The number of nitrogens with zero attached hydrogens (tertiary/aromatic N) is 4. The van der Waals surface area contributed by atoms with Gasteiger partial charge < -0.3 is 9.64 Å². The second-order valence-corrected chi connectivity index (χ2v) is 5.71. The van der Waals surface area contributed by atoms with Gasteiger partial charge >= 0.3 is 0 Å². The van der Waals surface area contributed by atoms with E-state index in [1.165, 1.54) is 9.47 Å². The van der Waals surface area contributed by atoms with Gasteiger partial charge in [-0.25, -0.2) is 9.97 Å². The molecular formula is C18H18N4O3. The fraction of sp³-hybridized carbons (Fsp3) is 0.222. The first kappa shape index (κ1) is 16.6. The quantitative estimate of drug-likeness (QED) is 0.721. The summed E-state index contributed by atoms with van der Waals surface area (Å²) in [6.45, 7) is 0.229. The van der Waals surface area contributed by atoms with Gasteiger partial charge in [0.2, 0.25) is 0 Å². The number of para-hydroxylation sites is 1. The number of rotatable bonds is 4. The zero-order chi connectivity index (χ0) is 18.0. The predicted octanol–water partition coefficient (Wildman–Crippen LogP) is 1.55. The van der Waals surface area contributed by atoms with Crippen LogP contribution in [-0.4, -0.2) is 46.5 Å². The van der Waals surface area contributed by atoms with Crippen molar-refractivity contribution in [3.63, 3.8) is 0 Å². The zero-order valence-corrected chi connectivity index (χ0v) is 14.3. The third-order valence-corrected chi connectivity index (χ3v) is 3.83. The lowest BCUT2D eigenvalue weighted by Crippen LogP contribution is -2.34. The molecule has 1 aromatic carbocycles. The van der Waals surface area contributed by atoms with Crippen molar-refractivity contribution in [2.75, 3.05) is 21.2 Å². The van der Waals surface area contributed by atoms with Crippen molar-refractivity contribution in [2.24, 2.45) is 0 Å². The molecule has 3 rings (SSSR count). The summed E-state index contributed by atoms with van der Waals surface area (Å²) in [4.78, 5) is 35.1. The first-order chi connectivity index (χ1) is 12.0. The van der Waals surface area contributed by atoms with E-state index in [0.29, 0.717) is 16.9 Å². The number of methoxy groups -OCH3 is 1. The van der Waals surface area contributed by atoms with E-state index in [4.69, 9.17) is 4.74 Å². The molecule has 0 saturated carbocycles. The monoisotopic (exact) mass is 338 g/mol. The van der Waals surface area contributed by atoms with Crippen LogP contribution < -0.4 is 10.3 Å². The summed E-state index contributed by atoms with van der Waals surface area (Å²) < 4.78 is 6.81. The lowest BCUT2D eigenvalue weighted by molar-refractivity contribution is 0.0820. The van der Waals surface area contributed by atoms with Gasteiger partial charge in [0.05, 0.1) is 13.7 Å². The fourth-order valence-electron chi connectivity index (χ4n) is 2.58. The number of pyridine rings is 1. The van der Waals surface area contributed by atoms with Crippen molar-refractivity contribution in [3.8, 4) is 5.75 Å². The highest BCUT2D eigenvalue weighted by atomic mass is 16.5. The van der Waals surface area contributed by atoms with Crippen LogP contribution in [0, 0.1) is 0 Å². The largest absolute Gasteiger partial charge is 0.496 e. The van der Waals surface area contributed by atoms with Crippen molar-refractivity contribution in [3.05, 3.63) is 64.2 Å². The summed E-state index contributed by atoms with van der Waals surface area (Å²) in [5, 5.41) is 0. The maximum atomic E-state index is 12.9. The van der Waals surface area contributed by atoms with Crippen LogP contribution in [-0.2, 0) is 6.54 Å². The molecule has 0 unspecified atom stereocenters. The van der Waals surface area contributed by atoms with Gasteiger partial charge in [-0.2, -0.15) is 0 Å². The van der Waals surface area contributed by atoms with Crippen LogP contribution in [0.4, 0.5) is 0 Å². The number of amides is 1. The molecule has 0 saturated heterocycles. The Hall–Kier alpha value is -3.22. The molecule has 3 aromatic rings. The normalized spacial score (nSPS) is 10.7. The highest BCUT2D eigenvalue weighted by Crippen LogP contribution is 2.19. The molecule has 2 aromatic heterocycles. The van der Waals surface area contributed by atoms with E-state index in [9.17, 15) is 9.59 Å². The average Bonchev–Trinajstić information content (AvgIpc) is 2.63. The Labute approximate surface area is 144 Å². The van der Waals surface area contributed by atoms with E-state index in [1.807, 2.05) is 24.3 Å². The van der Waals surface area contributed by atoms with Gasteiger partial charge in [0.1, 0.15) is 11.3 Å². The van der Waals surface area contributed by atoms with E-state index < -0.39 is 11.5 Å². The maximum Gasteiger partial charge on any atom is 0.284 e. The molecule has 0 fully saturated rings. The number of fused-ring (bicyclic) bond motifs is 1. The van der Waals surface area contributed by atoms with Crippen LogP contribution >= 0.6 is 0 Å². The van der Waals surface area contributed by atoms with Crippen molar-refractivity contribution >= 4 is 17.1 Å². The molecule has 0 bridgehead atoms. The third-order valence-electron chi connectivity index (χ3n) is 3.83.